The number of sulfonamides is 1. The highest BCUT2D eigenvalue weighted by molar-refractivity contribution is 7.89. The summed E-state index contributed by atoms with van der Waals surface area (Å²) in [5.41, 5.74) is 3.56. The van der Waals surface area contributed by atoms with Gasteiger partial charge < -0.3 is 9.88 Å². The number of aryl methyl sites for hydroxylation is 3. The Kier molecular flexibility index (Phi) is 6.73. The molecule has 2 N–H and O–H groups in total. The molecule has 0 saturated carbocycles. The summed E-state index contributed by atoms with van der Waals surface area (Å²) in [7, 11) is -3.60. The first-order valence-corrected chi connectivity index (χ1v) is 12.4. The van der Waals surface area contributed by atoms with Gasteiger partial charge in [-0.1, -0.05) is 24.3 Å². The zero-order valence-electron chi connectivity index (χ0n) is 17.6. The molecule has 0 bridgehead atoms. The van der Waals surface area contributed by atoms with Crippen molar-refractivity contribution in [2.75, 3.05) is 13.1 Å². The van der Waals surface area contributed by atoms with Crippen LogP contribution in [0.5, 0.6) is 0 Å². The van der Waals surface area contributed by atoms with Gasteiger partial charge in [0.1, 0.15) is 0 Å². The van der Waals surface area contributed by atoms with Gasteiger partial charge in [-0.25, -0.2) is 13.1 Å². The van der Waals surface area contributed by atoms with Crippen LogP contribution in [0, 0.1) is 0 Å². The van der Waals surface area contributed by atoms with Gasteiger partial charge in [0.2, 0.25) is 15.9 Å². The van der Waals surface area contributed by atoms with E-state index in [1.54, 1.807) is 12.1 Å². The molecule has 1 aliphatic carbocycles. The number of carbonyl (C=O) groups is 1. The van der Waals surface area contributed by atoms with Gasteiger partial charge in [-0.15, -0.1) is 0 Å². The van der Waals surface area contributed by atoms with Crippen LogP contribution in [-0.4, -0.2) is 32.0 Å². The third kappa shape index (κ3) is 5.35. The van der Waals surface area contributed by atoms with Gasteiger partial charge in [0, 0.05) is 37.8 Å². The minimum atomic E-state index is -3.60. The molecule has 31 heavy (non-hydrogen) atoms. The van der Waals surface area contributed by atoms with Crippen molar-refractivity contribution in [2.24, 2.45) is 0 Å². The second-order valence-electron chi connectivity index (χ2n) is 8.06. The standard InChI is InChI=1S/C24H29N3O3S/c28-24(25-14-5-16-27-17-13-20-7-3-4-9-23(20)27)12-15-26-31(29,30)22-11-10-19-6-1-2-8-21(19)18-22/h3-4,7,9-11,13,17-18,26H,1-2,5-6,8,12,14-16H2,(H,25,28). The number of hydrogen-bond acceptors (Lipinski definition) is 3. The molecule has 0 atom stereocenters. The van der Waals surface area contributed by atoms with Crippen LogP contribution in [0.2, 0.25) is 0 Å². The average Bonchev–Trinajstić information content (AvgIpc) is 3.19. The number of aromatic nitrogens is 1. The maximum atomic E-state index is 12.6. The number of fused-ring (bicyclic) bond motifs is 2. The van der Waals surface area contributed by atoms with Gasteiger partial charge in [0.25, 0.3) is 0 Å². The molecule has 1 aliphatic rings. The van der Waals surface area contributed by atoms with Crippen LogP contribution in [0.15, 0.2) is 59.6 Å². The van der Waals surface area contributed by atoms with Crippen molar-refractivity contribution < 1.29 is 13.2 Å². The normalized spacial score (nSPS) is 13.8. The molecule has 0 spiro atoms. The fourth-order valence-electron chi connectivity index (χ4n) is 4.16. The number of amides is 1. The molecule has 4 rings (SSSR count). The number of carbonyl (C=O) groups excluding carboxylic acids is 1. The summed E-state index contributed by atoms with van der Waals surface area (Å²) in [6, 6.07) is 15.7. The zero-order chi connectivity index (χ0) is 21.7. The highest BCUT2D eigenvalue weighted by Gasteiger charge is 2.17. The van der Waals surface area contributed by atoms with Crippen LogP contribution < -0.4 is 10.0 Å². The maximum absolute atomic E-state index is 12.6. The summed E-state index contributed by atoms with van der Waals surface area (Å²) in [6.07, 6.45) is 7.20. The van der Waals surface area contributed by atoms with Crippen LogP contribution in [0.4, 0.5) is 0 Å². The Hall–Kier alpha value is -2.64. The molecule has 164 valence electrons. The number of benzene rings is 2. The Morgan fingerprint density at radius 2 is 1.77 bits per heavy atom. The number of rotatable bonds is 9. The summed E-state index contributed by atoms with van der Waals surface area (Å²) in [5, 5.41) is 4.08. The second-order valence-corrected chi connectivity index (χ2v) is 9.82. The molecule has 1 aromatic heterocycles. The van der Waals surface area contributed by atoms with Crippen molar-refractivity contribution in [1.82, 2.24) is 14.6 Å². The lowest BCUT2D eigenvalue weighted by Gasteiger charge is -2.16. The van der Waals surface area contributed by atoms with Gasteiger partial charge in [-0.2, -0.15) is 0 Å². The monoisotopic (exact) mass is 439 g/mol. The van der Waals surface area contributed by atoms with E-state index >= 15 is 0 Å². The van der Waals surface area contributed by atoms with Crippen LogP contribution >= 0.6 is 0 Å². The lowest BCUT2D eigenvalue weighted by atomic mass is 9.92. The summed E-state index contributed by atoms with van der Waals surface area (Å²) < 4.78 is 29.8. The molecule has 2 aromatic carbocycles. The van der Waals surface area contributed by atoms with Gasteiger partial charge in [0.15, 0.2) is 0 Å². The smallest absolute Gasteiger partial charge is 0.240 e. The van der Waals surface area contributed by atoms with E-state index < -0.39 is 10.0 Å². The molecular weight excluding hydrogens is 410 g/mol. The first-order chi connectivity index (χ1) is 15.0. The van der Waals surface area contributed by atoms with Crippen molar-refractivity contribution in [3.8, 4) is 0 Å². The SMILES string of the molecule is O=C(CCNS(=O)(=O)c1ccc2c(c1)CCCC2)NCCCn1ccc2ccccc21. The zero-order valence-corrected chi connectivity index (χ0v) is 18.5. The van der Waals surface area contributed by atoms with Crippen molar-refractivity contribution in [3.63, 3.8) is 0 Å². The molecule has 0 aliphatic heterocycles. The molecule has 1 heterocycles. The lowest BCUT2D eigenvalue weighted by molar-refractivity contribution is -0.120. The first kappa shape index (κ1) is 21.6. The third-order valence-electron chi connectivity index (χ3n) is 5.85. The largest absolute Gasteiger partial charge is 0.356 e. The topological polar surface area (TPSA) is 80.2 Å². The molecular formula is C24H29N3O3S. The minimum Gasteiger partial charge on any atom is -0.356 e. The quantitative estimate of drug-likeness (QED) is 0.502. The summed E-state index contributed by atoms with van der Waals surface area (Å²) in [6.45, 7) is 1.47. The fourth-order valence-corrected chi connectivity index (χ4v) is 5.24. The molecule has 6 nitrogen and oxygen atoms in total. The highest BCUT2D eigenvalue weighted by Crippen LogP contribution is 2.24. The Balaban J connectivity index is 1.19. The Morgan fingerprint density at radius 3 is 2.65 bits per heavy atom. The Labute approximate surface area is 183 Å². The molecule has 0 unspecified atom stereocenters. The van der Waals surface area contributed by atoms with Crippen LogP contribution in [-0.2, 0) is 34.2 Å². The van der Waals surface area contributed by atoms with Crippen LogP contribution in [0.3, 0.4) is 0 Å². The van der Waals surface area contributed by atoms with Crippen LogP contribution in [0.1, 0.15) is 36.8 Å². The molecule has 7 heteroatoms. The number of nitrogens with one attached hydrogen (secondary N) is 2. The highest BCUT2D eigenvalue weighted by atomic mass is 32.2. The van der Waals surface area contributed by atoms with Crippen molar-refractivity contribution in [3.05, 3.63) is 65.9 Å². The van der Waals surface area contributed by atoms with Gasteiger partial charge in [-0.05, 0) is 72.9 Å². The number of nitrogens with zero attached hydrogens (tertiary/aromatic N) is 1. The van der Waals surface area contributed by atoms with E-state index in [2.05, 4.69) is 39.0 Å². The summed E-state index contributed by atoms with van der Waals surface area (Å²) in [4.78, 5) is 12.4. The molecule has 1 amide bonds. The molecule has 0 radical (unpaired) electrons. The second kappa shape index (κ2) is 9.66. The average molecular weight is 440 g/mol. The molecule has 0 saturated heterocycles. The Bertz CT molecular complexity index is 1170. The van der Waals surface area contributed by atoms with E-state index in [1.807, 2.05) is 18.2 Å². The van der Waals surface area contributed by atoms with Gasteiger partial charge in [-0.3, -0.25) is 4.79 Å². The van der Waals surface area contributed by atoms with Crippen molar-refractivity contribution in [2.45, 2.75) is 50.0 Å². The summed E-state index contributed by atoms with van der Waals surface area (Å²) in [5.74, 6) is -0.148. The van der Waals surface area contributed by atoms with E-state index in [4.69, 9.17) is 0 Å². The minimum absolute atomic E-state index is 0.0908. The van der Waals surface area contributed by atoms with Gasteiger partial charge in [0.05, 0.1) is 4.90 Å². The van der Waals surface area contributed by atoms with E-state index in [1.165, 1.54) is 16.5 Å². The predicted molar refractivity (Wildman–Crippen MR) is 122 cm³/mol. The Morgan fingerprint density at radius 1 is 0.968 bits per heavy atom. The van der Waals surface area contributed by atoms with Crippen molar-refractivity contribution >= 4 is 26.8 Å². The number of para-hydroxylation sites is 1. The number of hydrogen-bond donors (Lipinski definition) is 2. The van der Waals surface area contributed by atoms with E-state index in [9.17, 15) is 13.2 Å². The lowest BCUT2D eigenvalue weighted by Crippen LogP contribution is -2.31. The molecule has 0 fully saturated rings. The van der Waals surface area contributed by atoms with Crippen molar-refractivity contribution in [1.29, 1.82) is 0 Å². The van der Waals surface area contributed by atoms with E-state index in [0.29, 0.717) is 6.54 Å². The van der Waals surface area contributed by atoms with E-state index in [-0.39, 0.29) is 23.8 Å². The third-order valence-corrected chi connectivity index (χ3v) is 7.31. The predicted octanol–water partition coefficient (Wildman–Crippen LogP) is 3.40. The summed E-state index contributed by atoms with van der Waals surface area (Å²) >= 11 is 0. The van der Waals surface area contributed by atoms with E-state index in [0.717, 1.165) is 44.2 Å². The van der Waals surface area contributed by atoms with Gasteiger partial charge >= 0.3 is 0 Å². The maximum Gasteiger partial charge on any atom is 0.240 e. The van der Waals surface area contributed by atoms with Crippen LogP contribution in [0.25, 0.3) is 10.9 Å². The fraction of sp³-hybridized carbons (Fsp3) is 0.375. The first-order valence-electron chi connectivity index (χ1n) is 10.9. The molecule has 3 aromatic rings.